The van der Waals surface area contributed by atoms with Gasteiger partial charge in [-0.15, -0.1) is 4.36 Å². The molecule has 2 aromatic rings. The molecule has 4 N–H and O–H groups in total. The van der Waals surface area contributed by atoms with Crippen molar-refractivity contribution in [3.05, 3.63) is 34.8 Å². The first kappa shape index (κ1) is 15.3. The Balaban J connectivity index is 1.70. The maximum Gasteiger partial charge on any atom is 0.354 e. The molecule has 4 rings (SSSR count). The molecule has 0 aliphatic heterocycles. The second-order valence-corrected chi connectivity index (χ2v) is 7.82. The molecule has 0 radical (unpaired) electrons. The van der Waals surface area contributed by atoms with E-state index >= 15 is 0 Å². The van der Waals surface area contributed by atoms with Gasteiger partial charge >= 0.3 is 6.03 Å². The van der Waals surface area contributed by atoms with Gasteiger partial charge in [-0.3, -0.25) is 10.1 Å². The SMILES string of the molecule is NS(=O)(=NC(=O)Nc1c2c(nc3c1CCC3)CCC2)c1ccn[nH]1. The number of hydrogen-bond donors (Lipinski definition) is 3. The van der Waals surface area contributed by atoms with E-state index in [0.717, 1.165) is 66.7 Å². The zero-order chi connectivity index (χ0) is 16.7. The van der Waals surface area contributed by atoms with Crippen molar-refractivity contribution in [1.29, 1.82) is 0 Å². The first-order chi connectivity index (χ1) is 11.5. The van der Waals surface area contributed by atoms with Gasteiger partial charge in [0.25, 0.3) is 0 Å². The highest BCUT2D eigenvalue weighted by atomic mass is 32.2. The summed E-state index contributed by atoms with van der Waals surface area (Å²) in [6, 6.07) is 0.743. The van der Waals surface area contributed by atoms with Crippen LogP contribution in [0.25, 0.3) is 0 Å². The lowest BCUT2D eigenvalue weighted by Crippen LogP contribution is -2.19. The van der Waals surface area contributed by atoms with Crippen LogP contribution in [0.2, 0.25) is 0 Å². The van der Waals surface area contributed by atoms with E-state index in [1.807, 2.05) is 0 Å². The van der Waals surface area contributed by atoms with Crippen molar-refractivity contribution in [2.45, 2.75) is 43.6 Å². The Morgan fingerprint density at radius 1 is 1.21 bits per heavy atom. The number of urea groups is 1. The standard InChI is InChI=1S/C15H18N6O2S/c16-24(23,13-7-8-17-20-13)21-15(22)19-14-9-3-1-5-11(9)18-12-6-2-4-10(12)14/h7-8H,1-6H2,(H,17,20)(H3,16,18,19,21,22,23). The molecule has 0 bridgehead atoms. The highest BCUT2D eigenvalue weighted by molar-refractivity contribution is 7.91. The monoisotopic (exact) mass is 346 g/mol. The van der Waals surface area contributed by atoms with Crippen LogP contribution in [0.15, 0.2) is 21.7 Å². The molecule has 2 aliphatic carbocycles. The summed E-state index contributed by atoms with van der Waals surface area (Å²) in [6.45, 7) is 0. The number of pyridine rings is 1. The maximum absolute atomic E-state index is 12.4. The van der Waals surface area contributed by atoms with Crippen molar-refractivity contribution in [2.24, 2.45) is 9.50 Å². The van der Waals surface area contributed by atoms with Crippen molar-refractivity contribution in [3.8, 4) is 0 Å². The highest BCUT2D eigenvalue weighted by Gasteiger charge is 2.26. The minimum Gasteiger partial charge on any atom is -0.305 e. The van der Waals surface area contributed by atoms with Crippen LogP contribution in [0.3, 0.4) is 0 Å². The average molecular weight is 346 g/mol. The highest BCUT2D eigenvalue weighted by Crippen LogP contribution is 2.36. The molecule has 0 saturated carbocycles. The summed E-state index contributed by atoms with van der Waals surface area (Å²) in [5.74, 6) is 0. The molecular weight excluding hydrogens is 328 g/mol. The third-order valence-corrected chi connectivity index (χ3v) is 5.79. The van der Waals surface area contributed by atoms with Crippen molar-refractivity contribution < 1.29 is 9.00 Å². The van der Waals surface area contributed by atoms with Crippen molar-refractivity contribution >= 4 is 21.6 Å². The van der Waals surface area contributed by atoms with Gasteiger partial charge in [0.05, 0.1) is 11.9 Å². The largest absolute Gasteiger partial charge is 0.354 e. The van der Waals surface area contributed by atoms with E-state index in [2.05, 4.69) is 19.9 Å². The lowest BCUT2D eigenvalue weighted by Gasteiger charge is -2.14. The summed E-state index contributed by atoms with van der Waals surface area (Å²) in [5.41, 5.74) is 5.10. The number of carbonyl (C=O) groups is 1. The van der Waals surface area contributed by atoms with E-state index < -0.39 is 15.9 Å². The summed E-state index contributed by atoms with van der Waals surface area (Å²) in [7, 11) is -3.34. The van der Waals surface area contributed by atoms with Gasteiger partial charge in [-0.05, 0) is 55.7 Å². The number of nitrogens with one attached hydrogen (secondary N) is 2. The van der Waals surface area contributed by atoms with E-state index in [0.29, 0.717) is 0 Å². The van der Waals surface area contributed by atoms with Crippen LogP contribution in [0.5, 0.6) is 0 Å². The molecule has 8 nitrogen and oxygen atoms in total. The van der Waals surface area contributed by atoms with Gasteiger partial charge in [0.15, 0.2) is 9.92 Å². The fraction of sp³-hybridized carbons (Fsp3) is 0.400. The molecule has 126 valence electrons. The third-order valence-electron chi connectivity index (χ3n) is 4.49. The van der Waals surface area contributed by atoms with Gasteiger partial charge in [-0.25, -0.2) is 14.1 Å². The number of aromatic nitrogens is 3. The molecule has 2 aromatic heterocycles. The Labute approximate surface area is 139 Å². The van der Waals surface area contributed by atoms with E-state index in [-0.39, 0.29) is 5.03 Å². The topological polar surface area (TPSA) is 126 Å². The molecule has 2 amide bonds. The fourth-order valence-electron chi connectivity index (χ4n) is 3.44. The van der Waals surface area contributed by atoms with Crippen LogP contribution >= 0.6 is 0 Å². The summed E-state index contributed by atoms with van der Waals surface area (Å²) in [5, 5.41) is 14.8. The Bertz CT molecular complexity index is 896. The summed E-state index contributed by atoms with van der Waals surface area (Å²) in [6.07, 6.45) is 7.14. The average Bonchev–Trinajstić information content (AvgIpc) is 3.27. The van der Waals surface area contributed by atoms with Gasteiger partial charge in [0.1, 0.15) is 5.03 Å². The second-order valence-electron chi connectivity index (χ2n) is 6.06. The minimum absolute atomic E-state index is 0.128. The zero-order valence-electron chi connectivity index (χ0n) is 13.0. The van der Waals surface area contributed by atoms with Gasteiger partial charge in [-0.1, -0.05) is 0 Å². The first-order valence-corrected chi connectivity index (χ1v) is 9.51. The number of carbonyl (C=O) groups excluding carboxylic acids is 1. The predicted molar refractivity (Wildman–Crippen MR) is 88.9 cm³/mol. The number of nitrogens with zero attached hydrogens (tertiary/aromatic N) is 3. The van der Waals surface area contributed by atoms with Crippen LogP contribution < -0.4 is 10.5 Å². The Morgan fingerprint density at radius 3 is 2.46 bits per heavy atom. The molecule has 9 heteroatoms. The normalized spacial score (nSPS) is 17.9. The third kappa shape index (κ3) is 2.59. The van der Waals surface area contributed by atoms with E-state index in [9.17, 15) is 9.00 Å². The van der Waals surface area contributed by atoms with Gasteiger partial charge in [0, 0.05) is 11.4 Å². The number of anilines is 1. The van der Waals surface area contributed by atoms with Gasteiger partial charge in [0.2, 0.25) is 0 Å². The Kier molecular flexibility index (Phi) is 3.61. The van der Waals surface area contributed by atoms with Crippen molar-refractivity contribution in [1.82, 2.24) is 15.2 Å². The lowest BCUT2D eigenvalue weighted by molar-refractivity contribution is 0.260. The predicted octanol–water partition coefficient (Wildman–Crippen LogP) is 1.71. The van der Waals surface area contributed by atoms with Crippen LogP contribution in [-0.4, -0.2) is 25.4 Å². The molecule has 24 heavy (non-hydrogen) atoms. The number of aromatic amines is 1. The van der Waals surface area contributed by atoms with Crippen LogP contribution in [-0.2, 0) is 35.6 Å². The van der Waals surface area contributed by atoms with Gasteiger partial charge < -0.3 is 5.32 Å². The first-order valence-electron chi connectivity index (χ1n) is 7.93. The zero-order valence-corrected chi connectivity index (χ0v) is 13.9. The van der Waals surface area contributed by atoms with Crippen LogP contribution in [0, 0.1) is 0 Å². The number of nitrogens with two attached hydrogens (primary N) is 1. The van der Waals surface area contributed by atoms with E-state index in [1.165, 1.54) is 12.3 Å². The van der Waals surface area contributed by atoms with Crippen molar-refractivity contribution in [2.75, 3.05) is 5.32 Å². The number of amides is 2. The molecule has 0 aromatic carbocycles. The van der Waals surface area contributed by atoms with E-state index in [1.54, 1.807) is 0 Å². The molecule has 0 saturated heterocycles. The van der Waals surface area contributed by atoms with Gasteiger partial charge in [-0.2, -0.15) is 5.10 Å². The number of aryl methyl sites for hydroxylation is 2. The smallest absolute Gasteiger partial charge is 0.305 e. The number of hydrogen-bond acceptors (Lipinski definition) is 4. The number of H-pyrrole nitrogens is 1. The summed E-state index contributed by atoms with van der Waals surface area (Å²) < 4.78 is 16.0. The molecule has 0 spiro atoms. The van der Waals surface area contributed by atoms with Crippen LogP contribution in [0.4, 0.5) is 10.5 Å². The number of rotatable bonds is 2. The Hall–Kier alpha value is -2.26. The lowest BCUT2D eigenvalue weighted by atomic mass is 10.1. The van der Waals surface area contributed by atoms with Crippen LogP contribution in [0.1, 0.15) is 35.4 Å². The molecule has 1 unspecified atom stereocenters. The molecule has 2 aliphatic rings. The summed E-state index contributed by atoms with van der Waals surface area (Å²) in [4.78, 5) is 17.1. The fourth-order valence-corrected chi connectivity index (χ4v) is 4.27. The maximum atomic E-state index is 12.4. The summed E-state index contributed by atoms with van der Waals surface area (Å²) >= 11 is 0. The molecular formula is C15H18N6O2S. The van der Waals surface area contributed by atoms with E-state index in [4.69, 9.17) is 10.1 Å². The Morgan fingerprint density at radius 2 is 1.88 bits per heavy atom. The van der Waals surface area contributed by atoms with Crippen molar-refractivity contribution in [3.63, 3.8) is 0 Å². The molecule has 2 heterocycles. The quantitative estimate of drug-likeness (QED) is 0.765. The molecule has 0 fully saturated rings. The molecule has 1 atom stereocenters. The second kappa shape index (κ2) is 5.67. The number of fused-ring (bicyclic) bond motifs is 2. The minimum atomic E-state index is -3.34.